The topological polar surface area (TPSA) is 11.4 Å². The van der Waals surface area contributed by atoms with E-state index in [4.69, 9.17) is 0 Å². The van der Waals surface area contributed by atoms with Crippen LogP contribution in [0.15, 0.2) is 285 Å². The molecule has 0 atom stereocenters. The van der Waals surface area contributed by atoms with Crippen molar-refractivity contribution < 1.29 is 0 Å². The van der Waals surface area contributed by atoms with Crippen LogP contribution in [0.5, 0.6) is 0 Å². The van der Waals surface area contributed by atoms with Crippen molar-refractivity contribution >= 4 is 77.5 Å². The van der Waals surface area contributed by atoms with Crippen LogP contribution in [-0.2, 0) is 0 Å². The maximum atomic E-state index is 2.43. The van der Waals surface area contributed by atoms with E-state index in [1.54, 1.807) is 0 Å². The first-order valence-corrected chi connectivity index (χ1v) is 24.3. The Morgan fingerprint density at radius 2 is 0.662 bits per heavy atom. The van der Waals surface area contributed by atoms with Crippen LogP contribution in [0.2, 0.25) is 0 Å². The number of rotatable bonds is 10. The molecule has 0 spiro atoms. The number of aromatic nitrogens is 1. The average molecular weight is 906 g/mol. The maximum absolute atomic E-state index is 2.43. The SMILES string of the molecule is c1ccc(-c2ccc(N(c3ccc(-c4ccccc4)cc3)c3cc(-c4cc5ccccc5c5ccccc45)cc(N(c4ccccc4)c4ccc5c6ccccc6n(-c6ccccc6)c5c4)c3)cc2)cc1. The Bertz CT molecular complexity index is 3930. The quantitative estimate of drug-likeness (QED) is 0.127. The van der Waals surface area contributed by atoms with Gasteiger partial charge in [0, 0.05) is 50.6 Å². The van der Waals surface area contributed by atoms with Crippen LogP contribution < -0.4 is 9.80 Å². The molecule has 334 valence electrons. The molecule has 1 aromatic heterocycles. The van der Waals surface area contributed by atoms with Gasteiger partial charge < -0.3 is 14.4 Å². The molecule has 0 amide bonds. The zero-order valence-corrected chi connectivity index (χ0v) is 39.0. The Hall–Kier alpha value is -9.44. The molecule has 0 N–H and O–H groups in total. The molecular formula is C68H47N3. The molecule has 13 rings (SSSR count). The number of nitrogens with zero attached hydrogens (tertiary/aromatic N) is 3. The molecule has 13 aromatic rings. The molecule has 0 saturated carbocycles. The fraction of sp³-hybridized carbons (Fsp3) is 0. The van der Waals surface area contributed by atoms with Crippen molar-refractivity contribution in [1.82, 2.24) is 4.57 Å². The molecule has 0 fully saturated rings. The summed E-state index contributed by atoms with van der Waals surface area (Å²) in [6, 6.07) is 104. The molecule has 3 nitrogen and oxygen atoms in total. The molecule has 0 unspecified atom stereocenters. The molecule has 12 aromatic carbocycles. The van der Waals surface area contributed by atoms with Crippen LogP contribution in [0, 0.1) is 0 Å². The van der Waals surface area contributed by atoms with Gasteiger partial charge in [-0.05, 0) is 146 Å². The maximum Gasteiger partial charge on any atom is 0.0561 e. The van der Waals surface area contributed by atoms with E-state index in [1.165, 1.54) is 65.7 Å². The van der Waals surface area contributed by atoms with Gasteiger partial charge in [-0.25, -0.2) is 0 Å². The fourth-order valence-electron chi connectivity index (χ4n) is 10.6. The van der Waals surface area contributed by atoms with Crippen LogP contribution >= 0.6 is 0 Å². The van der Waals surface area contributed by atoms with Gasteiger partial charge in [0.05, 0.1) is 11.0 Å². The van der Waals surface area contributed by atoms with Crippen molar-refractivity contribution in [2.75, 3.05) is 9.80 Å². The lowest BCUT2D eigenvalue weighted by atomic mass is 9.92. The Kier molecular flexibility index (Phi) is 10.5. The first kappa shape index (κ1) is 41.7. The van der Waals surface area contributed by atoms with Gasteiger partial charge in [-0.3, -0.25) is 0 Å². The van der Waals surface area contributed by atoms with Gasteiger partial charge in [-0.15, -0.1) is 0 Å². The predicted octanol–water partition coefficient (Wildman–Crippen LogP) is 19.0. The number of fused-ring (bicyclic) bond motifs is 6. The predicted molar refractivity (Wildman–Crippen MR) is 301 cm³/mol. The number of para-hydroxylation sites is 3. The van der Waals surface area contributed by atoms with E-state index >= 15 is 0 Å². The van der Waals surface area contributed by atoms with E-state index in [1.807, 2.05) is 0 Å². The molecule has 0 radical (unpaired) electrons. The number of hydrogen-bond donors (Lipinski definition) is 0. The van der Waals surface area contributed by atoms with Crippen LogP contribution in [0.3, 0.4) is 0 Å². The van der Waals surface area contributed by atoms with Crippen molar-refractivity contribution in [3.8, 4) is 39.1 Å². The number of anilines is 6. The summed E-state index contributed by atoms with van der Waals surface area (Å²) in [5.74, 6) is 0. The van der Waals surface area contributed by atoms with Crippen LogP contribution in [-0.4, -0.2) is 4.57 Å². The lowest BCUT2D eigenvalue weighted by Gasteiger charge is -2.31. The zero-order valence-electron chi connectivity index (χ0n) is 39.0. The van der Waals surface area contributed by atoms with Crippen molar-refractivity contribution in [2.45, 2.75) is 0 Å². The summed E-state index contributed by atoms with van der Waals surface area (Å²) < 4.78 is 2.40. The van der Waals surface area contributed by atoms with Gasteiger partial charge in [0.15, 0.2) is 0 Å². The first-order chi connectivity index (χ1) is 35.2. The summed E-state index contributed by atoms with van der Waals surface area (Å²) in [4.78, 5) is 4.84. The average Bonchev–Trinajstić information content (AvgIpc) is 3.78. The number of benzene rings is 12. The van der Waals surface area contributed by atoms with Crippen molar-refractivity contribution in [2.24, 2.45) is 0 Å². The van der Waals surface area contributed by atoms with E-state index in [9.17, 15) is 0 Å². The van der Waals surface area contributed by atoms with E-state index in [0.717, 1.165) is 50.9 Å². The Morgan fingerprint density at radius 3 is 1.28 bits per heavy atom. The largest absolute Gasteiger partial charge is 0.310 e. The van der Waals surface area contributed by atoms with Crippen LogP contribution in [0.1, 0.15) is 0 Å². The highest BCUT2D eigenvalue weighted by atomic mass is 15.2. The first-order valence-electron chi connectivity index (χ1n) is 24.3. The third kappa shape index (κ3) is 7.67. The lowest BCUT2D eigenvalue weighted by Crippen LogP contribution is -2.14. The van der Waals surface area contributed by atoms with Gasteiger partial charge in [0.1, 0.15) is 0 Å². The second-order valence-corrected chi connectivity index (χ2v) is 18.2. The molecular weight excluding hydrogens is 859 g/mol. The van der Waals surface area contributed by atoms with Crippen LogP contribution in [0.4, 0.5) is 34.1 Å². The van der Waals surface area contributed by atoms with Crippen LogP contribution in [0.25, 0.3) is 82.4 Å². The van der Waals surface area contributed by atoms with Gasteiger partial charge in [-0.1, -0.05) is 194 Å². The summed E-state index contributed by atoms with van der Waals surface area (Å²) in [5.41, 5.74) is 16.8. The summed E-state index contributed by atoms with van der Waals surface area (Å²) in [5, 5.41) is 7.33. The normalized spacial score (nSPS) is 11.4. The molecule has 0 aliphatic rings. The minimum absolute atomic E-state index is 1.04. The highest BCUT2D eigenvalue weighted by molar-refractivity contribution is 6.14. The molecule has 0 aliphatic heterocycles. The highest BCUT2D eigenvalue weighted by Crippen LogP contribution is 2.47. The summed E-state index contributed by atoms with van der Waals surface area (Å²) in [6.45, 7) is 0. The van der Waals surface area contributed by atoms with Gasteiger partial charge in [-0.2, -0.15) is 0 Å². The third-order valence-corrected chi connectivity index (χ3v) is 13.9. The van der Waals surface area contributed by atoms with Gasteiger partial charge in [0.25, 0.3) is 0 Å². The fourth-order valence-corrected chi connectivity index (χ4v) is 10.6. The van der Waals surface area contributed by atoms with Gasteiger partial charge in [0.2, 0.25) is 0 Å². The van der Waals surface area contributed by atoms with E-state index < -0.39 is 0 Å². The molecule has 71 heavy (non-hydrogen) atoms. The van der Waals surface area contributed by atoms with E-state index in [0.29, 0.717) is 0 Å². The summed E-state index contributed by atoms with van der Waals surface area (Å²) in [7, 11) is 0. The minimum Gasteiger partial charge on any atom is -0.310 e. The lowest BCUT2D eigenvalue weighted by molar-refractivity contribution is 1.18. The second kappa shape index (κ2) is 17.9. The highest BCUT2D eigenvalue weighted by Gasteiger charge is 2.22. The van der Waals surface area contributed by atoms with Gasteiger partial charge >= 0.3 is 0 Å². The molecule has 3 heteroatoms. The second-order valence-electron chi connectivity index (χ2n) is 18.2. The van der Waals surface area contributed by atoms with E-state index in [2.05, 4.69) is 299 Å². The molecule has 0 aliphatic carbocycles. The monoisotopic (exact) mass is 905 g/mol. The zero-order chi connectivity index (χ0) is 47.1. The smallest absolute Gasteiger partial charge is 0.0561 e. The van der Waals surface area contributed by atoms with Crippen molar-refractivity contribution in [3.63, 3.8) is 0 Å². The van der Waals surface area contributed by atoms with Crippen molar-refractivity contribution in [1.29, 1.82) is 0 Å². The third-order valence-electron chi connectivity index (χ3n) is 13.9. The summed E-state index contributed by atoms with van der Waals surface area (Å²) >= 11 is 0. The standard InChI is InChI=1S/C68H47N3/c1-5-19-48(20-6-1)50-33-37-56(38-34-50)69(57-39-35-51(36-40-57)49-21-7-2-8-22-49)59-43-53(66-45-52-23-13-14-28-61(52)62-29-15-16-30-63(62)66)44-60(46-59)70(54-24-9-3-10-25-54)58-41-42-65-64-31-17-18-32-67(64)71(68(65)47-58)55-26-11-4-12-27-55/h1-47H. The molecule has 0 saturated heterocycles. The van der Waals surface area contributed by atoms with E-state index in [-0.39, 0.29) is 0 Å². The van der Waals surface area contributed by atoms with Crippen molar-refractivity contribution in [3.05, 3.63) is 285 Å². The summed E-state index contributed by atoms with van der Waals surface area (Å²) in [6.07, 6.45) is 0. The Labute approximate surface area is 414 Å². The minimum atomic E-state index is 1.04. The Balaban J connectivity index is 1.08. The molecule has 1 heterocycles. The molecule has 0 bridgehead atoms. The Morgan fingerprint density at radius 1 is 0.225 bits per heavy atom. The number of hydrogen-bond acceptors (Lipinski definition) is 2.